The van der Waals surface area contributed by atoms with Crippen LogP contribution in [-0.2, 0) is 11.3 Å². The highest BCUT2D eigenvalue weighted by Crippen LogP contribution is 2.31. The van der Waals surface area contributed by atoms with Crippen LogP contribution in [0.3, 0.4) is 0 Å². The highest BCUT2D eigenvalue weighted by Gasteiger charge is 2.37. The maximum atomic E-state index is 14.4. The average molecular weight is 390 g/mol. The molecule has 1 atom stereocenters. The third kappa shape index (κ3) is 3.85. The Morgan fingerprint density at radius 1 is 1.07 bits per heavy atom. The first-order valence-corrected chi connectivity index (χ1v) is 9.40. The molecular formula is C21H21F3N2O2. The van der Waals surface area contributed by atoms with Gasteiger partial charge in [0.25, 0.3) is 0 Å². The van der Waals surface area contributed by atoms with Gasteiger partial charge in [0.1, 0.15) is 11.9 Å². The molecule has 1 unspecified atom stereocenters. The van der Waals surface area contributed by atoms with Crippen LogP contribution in [-0.4, -0.2) is 36.7 Å². The summed E-state index contributed by atoms with van der Waals surface area (Å²) in [6.45, 7) is 2.60. The molecule has 0 spiro atoms. The first-order chi connectivity index (χ1) is 13.5. The van der Waals surface area contributed by atoms with Crippen LogP contribution in [0.5, 0.6) is 0 Å². The molecule has 0 aliphatic carbocycles. The molecular weight excluding hydrogens is 369 g/mol. The van der Waals surface area contributed by atoms with Crippen LogP contribution in [0.15, 0.2) is 42.5 Å². The summed E-state index contributed by atoms with van der Waals surface area (Å²) in [7, 11) is 0. The van der Waals surface area contributed by atoms with Crippen molar-refractivity contribution in [2.45, 2.75) is 25.5 Å². The Morgan fingerprint density at radius 3 is 2.43 bits per heavy atom. The Morgan fingerprint density at radius 2 is 1.79 bits per heavy atom. The predicted octanol–water partition coefficient (Wildman–Crippen LogP) is 4.34. The summed E-state index contributed by atoms with van der Waals surface area (Å²) in [5.74, 6) is -2.28. The second-order valence-electron chi connectivity index (χ2n) is 7.35. The van der Waals surface area contributed by atoms with Crippen LogP contribution >= 0.6 is 0 Å². The number of hydrogen-bond acceptors (Lipinski definition) is 3. The number of piperidine rings is 3. The number of carbonyl (C=O) groups is 1. The molecule has 7 heteroatoms. The molecule has 4 nitrogen and oxygen atoms in total. The average Bonchev–Trinajstić information content (AvgIpc) is 2.71. The molecule has 3 aliphatic heterocycles. The van der Waals surface area contributed by atoms with Gasteiger partial charge in [-0.1, -0.05) is 18.2 Å². The van der Waals surface area contributed by atoms with Crippen molar-refractivity contribution in [3.8, 4) is 0 Å². The minimum Gasteiger partial charge on any atom is -0.444 e. The van der Waals surface area contributed by atoms with Crippen LogP contribution < -0.4 is 4.90 Å². The van der Waals surface area contributed by atoms with Crippen molar-refractivity contribution < 1.29 is 22.7 Å². The first-order valence-electron chi connectivity index (χ1n) is 9.40. The van der Waals surface area contributed by atoms with Crippen molar-refractivity contribution in [3.05, 3.63) is 65.5 Å². The van der Waals surface area contributed by atoms with E-state index in [2.05, 4.69) is 4.90 Å². The first kappa shape index (κ1) is 18.8. The zero-order valence-corrected chi connectivity index (χ0v) is 15.3. The van der Waals surface area contributed by atoms with E-state index in [1.165, 1.54) is 36.4 Å². The van der Waals surface area contributed by atoms with Gasteiger partial charge in [-0.2, -0.15) is 0 Å². The van der Waals surface area contributed by atoms with Gasteiger partial charge >= 0.3 is 6.09 Å². The Hall–Kier alpha value is -2.54. The minimum atomic E-state index is -1.12. The summed E-state index contributed by atoms with van der Waals surface area (Å²) in [4.78, 5) is 16.3. The van der Waals surface area contributed by atoms with E-state index in [0.717, 1.165) is 36.9 Å². The van der Waals surface area contributed by atoms with E-state index in [-0.39, 0.29) is 18.3 Å². The molecule has 1 amide bonds. The largest absolute Gasteiger partial charge is 0.444 e. The minimum absolute atomic E-state index is 0.0550. The number of rotatable bonds is 4. The lowest BCUT2D eigenvalue weighted by molar-refractivity contribution is -0.0311. The number of hydrogen-bond donors (Lipinski definition) is 0. The number of amides is 1. The molecule has 2 bridgehead atoms. The van der Waals surface area contributed by atoms with E-state index in [9.17, 15) is 18.0 Å². The molecule has 3 aliphatic rings. The standard InChI is InChI=1S/C21H21F3N2O2/c22-16-6-4-14(5-7-16)12-26(18-3-1-2-17(23)20(18)24)21(27)28-19-13-25-10-8-15(19)9-11-25/h1-7,15,19H,8-13H2. The van der Waals surface area contributed by atoms with Gasteiger partial charge in [-0.05, 0) is 61.7 Å². The van der Waals surface area contributed by atoms with E-state index in [4.69, 9.17) is 4.74 Å². The number of anilines is 1. The molecule has 3 fully saturated rings. The predicted molar refractivity (Wildman–Crippen MR) is 98.4 cm³/mol. The fraction of sp³-hybridized carbons (Fsp3) is 0.381. The number of benzene rings is 2. The van der Waals surface area contributed by atoms with E-state index in [1.807, 2.05) is 0 Å². The third-order valence-corrected chi connectivity index (χ3v) is 5.54. The van der Waals surface area contributed by atoms with E-state index in [0.29, 0.717) is 18.0 Å². The SMILES string of the molecule is O=C(OC1CN2CCC1CC2)N(Cc1ccc(F)cc1)c1cccc(F)c1F. The molecule has 5 rings (SSSR count). The third-order valence-electron chi connectivity index (χ3n) is 5.54. The Kier molecular flexibility index (Phi) is 5.26. The maximum Gasteiger partial charge on any atom is 0.415 e. The van der Waals surface area contributed by atoms with Crippen molar-refractivity contribution in [2.75, 3.05) is 24.5 Å². The maximum absolute atomic E-state index is 14.4. The number of ether oxygens (including phenoxy) is 1. The molecule has 0 radical (unpaired) electrons. The van der Waals surface area contributed by atoms with Crippen molar-refractivity contribution in [3.63, 3.8) is 0 Å². The topological polar surface area (TPSA) is 32.8 Å². The van der Waals surface area contributed by atoms with Crippen molar-refractivity contribution in [1.29, 1.82) is 0 Å². The van der Waals surface area contributed by atoms with Gasteiger partial charge in [-0.25, -0.2) is 18.0 Å². The van der Waals surface area contributed by atoms with E-state index >= 15 is 0 Å². The normalized spacial score (nSPS) is 23.5. The number of nitrogens with zero attached hydrogens (tertiary/aromatic N) is 2. The lowest BCUT2D eigenvalue weighted by Crippen LogP contribution is -2.53. The fourth-order valence-electron chi connectivity index (χ4n) is 3.96. The van der Waals surface area contributed by atoms with E-state index in [1.54, 1.807) is 0 Å². The molecule has 0 N–H and O–H groups in total. The summed E-state index contributed by atoms with van der Waals surface area (Å²) < 4.78 is 47.1. The number of fused-ring (bicyclic) bond motifs is 3. The van der Waals surface area contributed by atoms with Crippen LogP contribution in [0.4, 0.5) is 23.7 Å². The van der Waals surface area contributed by atoms with Crippen molar-refractivity contribution in [2.24, 2.45) is 5.92 Å². The highest BCUT2D eigenvalue weighted by atomic mass is 19.2. The van der Waals surface area contributed by atoms with Gasteiger partial charge in [0.2, 0.25) is 0 Å². The number of carbonyl (C=O) groups excluding carboxylic acids is 1. The molecule has 0 aromatic heterocycles. The fourth-order valence-corrected chi connectivity index (χ4v) is 3.96. The van der Waals surface area contributed by atoms with E-state index < -0.39 is 23.5 Å². The van der Waals surface area contributed by atoms with Gasteiger partial charge < -0.3 is 4.74 Å². The monoisotopic (exact) mass is 390 g/mol. The molecule has 2 aromatic rings. The van der Waals surface area contributed by atoms with Crippen molar-refractivity contribution in [1.82, 2.24) is 4.90 Å². The summed E-state index contributed by atoms with van der Waals surface area (Å²) in [6, 6.07) is 9.19. The van der Waals surface area contributed by atoms with Crippen molar-refractivity contribution >= 4 is 11.8 Å². The van der Waals surface area contributed by atoms with Crippen LogP contribution in [0, 0.1) is 23.4 Å². The van der Waals surface area contributed by atoms with Crippen LogP contribution in [0.1, 0.15) is 18.4 Å². The van der Waals surface area contributed by atoms with Crippen LogP contribution in [0.25, 0.3) is 0 Å². The molecule has 28 heavy (non-hydrogen) atoms. The molecule has 148 valence electrons. The molecule has 2 aromatic carbocycles. The summed E-state index contributed by atoms with van der Waals surface area (Å²) in [5.41, 5.74) is 0.381. The Balaban J connectivity index is 1.59. The lowest BCUT2D eigenvalue weighted by Gasteiger charge is -2.44. The highest BCUT2D eigenvalue weighted by molar-refractivity contribution is 5.87. The second kappa shape index (κ2) is 7.83. The zero-order chi connectivity index (χ0) is 19.7. The lowest BCUT2D eigenvalue weighted by atomic mass is 9.86. The van der Waals surface area contributed by atoms with Crippen LogP contribution in [0.2, 0.25) is 0 Å². The Labute approximate surface area is 161 Å². The smallest absolute Gasteiger partial charge is 0.415 e. The van der Waals surface area contributed by atoms with Gasteiger partial charge in [-0.3, -0.25) is 9.80 Å². The second-order valence-corrected chi connectivity index (χ2v) is 7.35. The van der Waals surface area contributed by atoms with Gasteiger partial charge in [0.05, 0.1) is 12.2 Å². The molecule has 3 heterocycles. The zero-order valence-electron chi connectivity index (χ0n) is 15.3. The Bertz CT molecular complexity index is 851. The van der Waals surface area contributed by atoms with Gasteiger partial charge in [0, 0.05) is 6.54 Å². The quantitative estimate of drug-likeness (QED) is 0.779. The molecule has 0 saturated carbocycles. The van der Waals surface area contributed by atoms with Gasteiger partial charge in [0.15, 0.2) is 11.6 Å². The summed E-state index contributed by atoms with van der Waals surface area (Å²) >= 11 is 0. The number of halogens is 3. The van der Waals surface area contributed by atoms with Gasteiger partial charge in [-0.15, -0.1) is 0 Å². The summed E-state index contributed by atoms with van der Waals surface area (Å²) in [6.07, 6.45) is 0.934. The summed E-state index contributed by atoms with van der Waals surface area (Å²) in [5, 5.41) is 0. The molecule has 3 saturated heterocycles.